The minimum Gasteiger partial charge on any atom is -0.504 e. The third-order valence-electron chi connectivity index (χ3n) is 13.6. The van der Waals surface area contributed by atoms with Crippen LogP contribution in [0.4, 0.5) is 0 Å². The van der Waals surface area contributed by atoms with E-state index in [9.17, 15) is 74.4 Å². The van der Waals surface area contributed by atoms with Gasteiger partial charge >= 0.3 is 0 Å². The molecule has 0 fully saturated rings. The molecule has 456 valence electrons. The zero-order valence-corrected chi connectivity index (χ0v) is 47.3. The molecule has 0 aromatic heterocycles. The Balaban J connectivity index is 1.23. The highest BCUT2D eigenvalue weighted by molar-refractivity contribution is 6.06. The van der Waals surface area contributed by atoms with Crippen LogP contribution in [-0.2, 0) is 9.47 Å². The summed E-state index contributed by atoms with van der Waals surface area (Å²) in [6.45, 7) is 5.66. The lowest BCUT2D eigenvalue weighted by atomic mass is 10.0. The summed E-state index contributed by atoms with van der Waals surface area (Å²) in [6, 6.07) is 10.1. The van der Waals surface area contributed by atoms with Crippen LogP contribution < -0.4 is 37.2 Å². The topological polar surface area (TPSA) is 403 Å². The molecule has 0 spiro atoms. The number of nitrogens with one attached hydrogen (secondary N) is 7. The molecular formula is C57H76N10O17. The van der Waals surface area contributed by atoms with Gasteiger partial charge in [0, 0.05) is 71.3 Å². The molecule has 84 heavy (non-hydrogen) atoms. The van der Waals surface area contributed by atoms with Crippen LogP contribution in [0.5, 0.6) is 46.0 Å². The summed E-state index contributed by atoms with van der Waals surface area (Å²) in [5, 5.41) is 105. The van der Waals surface area contributed by atoms with Crippen molar-refractivity contribution in [2.24, 2.45) is 4.99 Å². The Morgan fingerprint density at radius 1 is 0.452 bits per heavy atom. The number of rotatable bonds is 18. The number of aromatic hydroxyl groups is 8. The molecule has 4 aromatic rings. The van der Waals surface area contributed by atoms with E-state index < -0.39 is 87.3 Å². The standard InChI is InChI=1S/C57H76N10O17/c1-34(58-24-32-83-2)35-10-11-36(44(69)43(35)68)51(76)59-18-4-26-66-27-5-19-60-52(77)37-12-14-39(47(72)45(37)70)54(79)62-21-7-29-67(30-8-22-63-55(80)40-15-13-38(46(71)48(40)73)53(78)61-20-6-28-66)31-9-23-64-56(81)41-16-17-42(50(75)49(41)74)57(82)65-25-33-84-3/h10-17,68-75H,4-9,18-33H2,1-3H3,(H,59,76)(H,60,77)(H,61,78)(H,62,79)(H,63,80)(H,64,81)(H,65,82). The normalized spacial score (nSPS) is 15.1. The molecular weight excluding hydrogens is 1100 g/mol. The second kappa shape index (κ2) is 33.3. The lowest BCUT2D eigenvalue weighted by molar-refractivity contribution is 0.0924. The quantitative estimate of drug-likeness (QED) is 0.0382. The number of ether oxygens (including phenoxy) is 2. The lowest BCUT2D eigenvalue weighted by Crippen LogP contribution is -2.35. The van der Waals surface area contributed by atoms with E-state index in [1.54, 1.807) is 6.92 Å². The van der Waals surface area contributed by atoms with Crippen LogP contribution in [0.2, 0.25) is 0 Å². The maximum atomic E-state index is 13.3. The first-order chi connectivity index (χ1) is 40.3. The van der Waals surface area contributed by atoms with Crippen molar-refractivity contribution in [1.29, 1.82) is 0 Å². The Morgan fingerprint density at radius 2 is 0.750 bits per heavy atom. The number of methoxy groups -OCH3 is 2. The number of aliphatic imine (C=N–C) groups is 1. The van der Waals surface area contributed by atoms with E-state index >= 15 is 0 Å². The molecule has 4 aliphatic heterocycles. The van der Waals surface area contributed by atoms with Crippen molar-refractivity contribution < 1.29 is 83.9 Å². The molecule has 0 saturated heterocycles. The van der Waals surface area contributed by atoms with Gasteiger partial charge in [-0.15, -0.1) is 0 Å². The van der Waals surface area contributed by atoms with Crippen LogP contribution in [0, 0.1) is 0 Å². The molecule has 7 amide bonds. The van der Waals surface area contributed by atoms with Gasteiger partial charge in [0.2, 0.25) is 0 Å². The van der Waals surface area contributed by atoms with E-state index in [2.05, 4.69) is 42.2 Å². The summed E-state index contributed by atoms with van der Waals surface area (Å²) < 4.78 is 9.89. The smallest absolute Gasteiger partial charge is 0.255 e. The fourth-order valence-corrected chi connectivity index (χ4v) is 8.91. The van der Waals surface area contributed by atoms with Crippen LogP contribution in [0.3, 0.4) is 0 Å². The zero-order chi connectivity index (χ0) is 61.3. The lowest BCUT2D eigenvalue weighted by Gasteiger charge is -2.23. The van der Waals surface area contributed by atoms with Crippen LogP contribution in [0.15, 0.2) is 53.5 Å². The summed E-state index contributed by atoms with van der Waals surface area (Å²) in [4.78, 5) is 99.9. The van der Waals surface area contributed by atoms with Crippen molar-refractivity contribution in [3.05, 3.63) is 93.0 Å². The first kappa shape index (κ1) is 65.9. The van der Waals surface area contributed by atoms with E-state index in [-0.39, 0.29) is 96.9 Å². The zero-order valence-electron chi connectivity index (χ0n) is 47.3. The molecule has 4 aromatic carbocycles. The minimum absolute atomic E-state index is 0.0912. The van der Waals surface area contributed by atoms with Gasteiger partial charge in [0.1, 0.15) is 0 Å². The van der Waals surface area contributed by atoms with Gasteiger partial charge in [-0.2, -0.15) is 0 Å². The predicted octanol–water partition coefficient (Wildman–Crippen LogP) is 1.60. The number of benzene rings is 4. The van der Waals surface area contributed by atoms with E-state index in [1.165, 1.54) is 62.8 Å². The summed E-state index contributed by atoms with van der Waals surface area (Å²) >= 11 is 0. The Labute approximate surface area is 485 Å². The third kappa shape index (κ3) is 18.5. The van der Waals surface area contributed by atoms with Crippen LogP contribution in [0.1, 0.15) is 124 Å². The molecule has 27 nitrogen and oxygen atoms in total. The fourth-order valence-electron chi connectivity index (χ4n) is 8.91. The van der Waals surface area contributed by atoms with Gasteiger partial charge in [0.05, 0.1) is 58.7 Å². The van der Waals surface area contributed by atoms with Crippen LogP contribution in [-0.4, -0.2) is 217 Å². The van der Waals surface area contributed by atoms with E-state index in [1.807, 2.05) is 9.80 Å². The Hall–Kier alpha value is -8.92. The summed E-state index contributed by atoms with van der Waals surface area (Å²) in [5.41, 5.74) is -1.09. The van der Waals surface area contributed by atoms with Crippen LogP contribution in [0.25, 0.3) is 0 Å². The van der Waals surface area contributed by atoms with Gasteiger partial charge in [-0.05, 0) is 133 Å². The second-order valence-corrected chi connectivity index (χ2v) is 19.5. The van der Waals surface area contributed by atoms with Gasteiger partial charge in [0.25, 0.3) is 41.4 Å². The fraction of sp³-hybridized carbons (Fsp3) is 0.439. The average Bonchev–Trinajstić information content (AvgIpc) is 3.68. The van der Waals surface area contributed by atoms with Crippen molar-refractivity contribution in [3.8, 4) is 46.0 Å². The first-order valence-electron chi connectivity index (χ1n) is 27.4. The van der Waals surface area contributed by atoms with Gasteiger partial charge in [-0.3, -0.25) is 38.6 Å². The Kier molecular flexibility index (Phi) is 26.1. The SMILES string of the molecule is COCCN=C(C)c1ccc(C(=O)NCCCN2CCCNC(=O)c3ccc(c(O)c3O)C(=O)NCCCN(CCCNC(=O)c3ccc(C(=O)NCCOC)c(O)c3O)CCCNC(=O)c3ccc(c(O)c3O)C(=O)NCCC2)c(O)c1O. The number of amides is 7. The first-order valence-corrected chi connectivity index (χ1v) is 27.4. The highest BCUT2D eigenvalue weighted by atomic mass is 16.5. The van der Waals surface area contributed by atoms with E-state index in [0.29, 0.717) is 96.7 Å². The summed E-state index contributed by atoms with van der Waals surface area (Å²) in [5.74, 6) is -10.8. The number of hydrogen-bond donors (Lipinski definition) is 15. The number of carbonyl (C=O) groups is 7. The Morgan fingerprint density at radius 3 is 1.07 bits per heavy atom. The third-order valence-corrected chi connectivity index (χ3v) is 13.6. The monoisotopic (exact) mass is 1170 g/mol. The van der Waals surface area contributed by atoms with Crippen molar-refractivity contribution in [2.75, 3.05) is 119 Å². The van der Waals surface area contributed by atoms with Crippen molar-refractivity contribution >= 4 is 47.1 Å². The highest BCUT2D eigenvalue weighted by Gasteiger charge is 2.25. The average molecular weight is 1170 g/mol. The van der Waals surface area contributed by atoms with Gasteiger partial charge in [-0.25, -0.2) is 0 Å². The van der Waals surface area contributed by atoms with Crippen LogP contribution >= 0.6 is 0 Å². The largest absolute Gasteiger partial charge is 0.504 e. The van der Waals surface area contributed by atoms with Gasteiger partial charge < -0.3 is 97.3 Å². The molecule has 4 aliphatic rings. The molecule has 0 atom stereocenters. The maximum Gasteiger partial charge on any atom is 0.255 e. The maximum absolute atomic E-state index is 13.3. The molecule has 0 saturated carbocycles. The number of carbonyl (C=O) groups excluding carboxylic acids is 7. The second-order valence-electron chi connectivity index (χ2n) is 19.5. The molecule has 0 unspecified atom stereocenters. The highest BCUT2D eigenvalue weighted by Crippen LogP contribution is 2.36. The molecule has 0 radical (unpaired) electrons. The minimum atomic E-state index is -0.805. The number of phenols is 8. The molecule has 4 heterocycles. The van der Waals surface area contributed by atoms with E-state index in [4.69, 9.17) is 9.47 Å². The molecule has 8 rings (SSSR count). The molecule has 27 heteroatoms. The number of hydrogen-bond acceptors (Lipinski definition) is 20. The molecule has 0 aliphatic carbocycles. The van der Waals surface area contributed by atoms with E-state index in [0.717, 1.165) is 0 Å². The molecule has 4 bridgehead atoms. The number of phenolic OH excluding ortho intramolecular Hbond substituents is 8. The summed E-state index contributed by atoms with van der Waals surface area (Å²) in [6.07, 6.45) is 2.24. The Bertz CT molecular complexity index is 2910. The predicted molar refractivity (Wildman–Crippen MR) is 307 cm³/mol. The molecule has 15 N–H and O–H groups in total. The van der Waals surface area contributed by atoms with Crippen molar-refractivity contribution in [1.82, 2.24) is 47.0 Å². The van der Waals surface area contributed by atoms with Crippen molar-refractivity contribution in [3.63, 3.8) is 0 Å². The van der Waals surface area contributed by atoms with Gasteiger partial charge in [0.15, 0.2) is 46.0 Å². The van der Waals surface area contributed by atoms with Crippen molar-refractivity contribution in [2.45, 2.75) is 45.4 Å². The van der Waals surface area contributed by atoms with Gasteiger partial charge in [-0.1, -0.05) is 0 Å². The number of nitrogens with zero attached hydrogens (tertiary/aromatic N) is 3. The summed E-state index contributed by atoms with van der Waals surface area (Å²) in [7, 11) is 2.98.